The largest absolute Gasteiger partial charge is 0.468 e. The Kier molecular flexibility index (Phi) is 7.41. The Labute approximate surface area is 246 Å². The first-order chi connectivity index (χ1) is 19.8. The van der Waals surface area contributed by atoms with Gasteiger partial charge in [0.05, 0.1) is 47.0 Å². The third-order valence-corrected chi connectivity index (χ3v) is 7.59. The predicted octanol–water partition coefficient (Wildman–Crippen LogP) is 3.72. The second-order valence-electron chi connectivity index (χ2n) is 10.0. The summed E-state index contributed by atoms with van der Waals surface area (Å²) in [5.41, 5.74) is 4.07. The van der Waals surface area contributed by atoms with Gasteiger partial charge in [-0.3, -0.25) is 18.7 Å². The monoisotopic (exact) mass is 609 g/mol. The standard InChI is InChI=1S/C28H28ClN7O5S/c1-14-11-17(15(2)30-19-8-10-22(29)32-24(19)26(37)34-42(6,39)40)23-18(12-14)27(38)36(4)25(33-23)16-7-9-21-20(13-16)31-28(41-5)35(21)3/h7-13,15,30H,1-6H3,(H,34,37)/t15-/m1/s1. The Bertz CT molecular complexity index is 2070. The minimum Gasteiger partial charge on any atom is -0.468 e. The molecular weight excluding hydrogens is 582 g/mol. The van der Waals surface area contributed by atoms with Crippen molar-refractivity contribution in [1.29, 1.82) is 0 Å². The lowest BCUT2D eigenvalue weighted by Gasteiger charge is -2.20. The second kappa shape index (κ2) is 10.7. The first-order valence-corrected chi connectivity index (χ1v) is 15.0. The van der Waals surface area contributed by atoms with Crippen molar-refractivity contribution in [3.05, 3.63) is 74.8 Å². The van der Waals surface area contributed by atoms with Gasteiger partial charge in [-0.2, -0.15) is 4.98 Å². The highest BCUT2D eigenvalue weighted by atomic mass is 35.5. The Morgan fingerprint density at radius 1 is 1.05 bits per heavy atom. The van der Waals surface area contributed by atoms with Gasteiger partial charge < -0.3 is 10.1 Å². The summed E-state index contributed by atoms with van der Waals surface area (Å²) in [5.74, 6) is -0.489. The summed E-state index contributed by atoms with van der Waals surface area (Å²) in [6.45, 7) is 3.71. The van der Waals surface area contributed by atoms with Crippen LogP contribution in [0, 0.1) is 6.92 Å². The number of hydrogen-bond acceptors (Lipinski definition) is 9. The summed E-state index contributed by atoms with van der Waals surface area (Å²) in [6.07, 6.45) is 0.871. The van der Waals surface area contributed by atoms with Crippen LogP contribution in [0.4, 0.5) is 5.69 Å². The van der Waals surface area contributed by atoms with Crippen molar-refractivity contribution in [2.75, 3.05) is 18.7 Å². The van der Waals surface area contributed by atoms with Crippen LogP contribution in [0.5, 0.6) is 6.01 Å². The molecule has 2 N–H and O–H groups in total. The summed E-state index contributed by atoms with van der Waals surface area (Å²) in [7, 11) is 1.23. The smallest absolute Gasteiger partial charge is 0.296 e. The number of aromatic nitrogens is 5. The predicted molar refractivity (Wildman–Crippen MR) is 162 cm³/mol. The van der Waals surface area contributed by atoms with Gasteiger partial charge in [0.15, 0.2) is 5.69 Å². The van der Waals surface area contributed by atoms with Crippen molar-refractivity contribution in [3.8, 4) is 17.4 Å². The maximum Gasteiger partial charge on any atom is 0.296 e. The van der Waals surface area contributed by atoms with Crippen LogP contribution in [0.3, 0.4) is 0 Å². The van der Waals surface area contributed by atoms with Crippen LogP contribution < -0.4 is 20.3 Å². The minimum absolute atomic E-state index is 0.0187. The van der Waals surface area contributed by atoms with Gasteiger partial charge in [0.25, 0.3) is 17.5 Å². The fourth-order valence-corrected chi connectivity index (χ4v) is 5.47. The highest BCUT2D eigenvalue weighted by Crippen LogP contribution is 2.31. The Morgan fingerprint density at radius 2 is 1.79 bits per heavy atom. The van der Waals surface area contributed by atoms with E-state index in [1.807, 2.05) is 54.4 Å². The van der Waals surface area contributed by atoms with E-state index in [1.165, 1.54) is 16.7 Å². The minimum atomic E-state index is -3.84. The van der Waals surface area contributed by atoms with Crippen molar-refractivity contribution in [2.24, 2.45) is 14.1 Å². The summed E-state index contributed by atoms with van der Waals surface area (Å²) in [4.78, 5) is 39.8. The van der Waals surface area contributed by atoms with Crippen molar-refractivity contribution in [3.63, 3.8) is 0 Å². The number of imidazole rings is 1. The van der Waals surface area contributed by atoms with E-state index < -0.39 is 22.0 Å². The molecule has 0 unspecified atom stereocenters. The number of methoxy groups -OCH3 is 1. The number of hydrogen-bond donors (Lipinski definition) is 2. The molecule has 2 aromatic carbocycles. The van der Waals surface area contributed by atoms with Gasteiger partial charge in [-0.15, -0.1) is 0 Å². The Morgan fingerprint density at radius 3 is 2.48 bits per heavy atom. The number of nitrogens with one attached hydrogen (secondary N) is 2. The number of benzene rings is 2. The van der Waals surface area contributed by atoms with Crippen molar-refractivity contribution >= 4 is 55.2 Å². The third kappa shape index (κ3) is 5.40. The molecule has 14 heteroatoms. The highest BCUT2D eigenvalue weighted by Gasteiger charge is 2.22. The van der Waals surface area contributed by atoms with Crippen LogP contribution >= 0.6 is 11.6 Å². The molecule has 0 fully saturated rings. The molecule has 5 aromatic rings. The lowest BCUT2D eigenvalue weighted by molar-refractivity contribution is 0.0977. The summed E-state index contributed by atoms with van der Waals surface area (Å²) in [5, 5.41) is 3.67. The van der Waals surface area contributed by atoms with Crippen LogP contribution in [0.2, 0.25) is 5.15 Å². The number of pyridine rings is 1. The molecule has 0 aliphatic rings. The molecular formula is C28H28ClN7O5S. The van der Waals surface area contributed by atoms with Gasteiger partial charge in [-0.25, -0.2) is 23.1 Å². The quantitative estimate of drug-likeness (QED) is 0.263. The van der Waals surface area contributed by atoms with Crippen LogP contribution in [0.15, 0.2) is 47.3 Å². The first-order valence-electron chi connectivity index (χ1n) is 12.7. The number of halogens is 1. The second-order valence-corrected chi connectivity index (χ2v) is 12.1. The molecule has 1 atom stereocenters. The molecule has 5 rings (SSSR count). The summed E-state index contributed by atoms with van der Waals surface area (Å²) in [6, 6.07) is 12.3. The van der Waals surface area contributed by atoms with E-state index in [0.717, 1.165) is 17.3 Å². The number of rotatable bonds is 7. The van der Waals surface area contributed by atoms with Gasteiger partial charge in [0.2, 0.25) is 10.0 Å². The first kappa shape index (κ1) is 29.0. The number of amides is 1. The third-order valence-electron chi connectivity index (χ3n) is 6.83. The lowest BCUT2D eigenvalue weighted by atomic mass is 10.0. The number of nitrogens with zero attached hydrogens (tertiary/aromatic N) is 5. The number of fused-ring (bicyclic) bond motifs is 2. The zero-order valence-electron chi connectivity index (χ0n) is 23.7. The van der Waals surface area contributed by atoms with Crippen LogP contribution in [0.1, 0.15) is 34.6 Å². The van der Waals surface area contributed by atoms with E-state index in [2.05, 4.69) is 15.3 Å². The average Bonchev–Trinajstić information content (AvgIpc) is 3.25. The lowest BCUT2D eigenvalue weighted by Crippen LogP contribution is -2.31. The normalized spacial score (nSPS) is 12.5. The SMILES string of the molecule is COc1nc2cc(-c3nc4c([C@@H](C)Nc5ccc(Cl)nc5C(=O)NS(C)(=O)=O)cc(C)cc4c(=O)n3C)ccc2n1C. The number of ether oxygens (including phenoxy) is 1. The fraction of sp³-hybridized carbons (Fsp3) is 0.250. The van der Waals surface area contributed by atoms with Gasteiger partial charge in [-0.05, 0) is 55.8 Å². The molecule has 0 spiro atoms. The van der Waals surface area contributed by atoms with Crippen molar-refractivity contribution in [1.82, 2.24) is 28.8 Å². The van der Waals surface area contributed by atoms with E-state index in [4.69, 9.17) is 21.3 Å². The molecule has 3 aromatic heterocycles. The van der Waals surface area contributed by atoms with Crippen LogP contribution in [-0.2, 0) is 24.1 Å². The highest BCUT2D eigenvalue weighted by molar-refractivity contribution is 7.89. The van der Waals surface area contributed by atoms with Gasteiger partial charge >= 0.3 is 0 Å². The summed E-state index contributed by atoms with van der Waals surface area (Å²) < 4.78 is 34.0. The molecule has 0 aliphatic heterocycles. The topological polar surface area (TPSA) is 150 Å². The zero-order chi connectivity index (χ0) is 30.5. The molecule has 218 valence electrons. The van der Waals surface area contributed by atoms with E-state index >= 15 is 0 Å². The number of carbonyl (C=O) groups is 1. The zero-order valence-corrected chi connectivity index (χ0v) is 25.3. The molecule has 12 nitrogen and oxygen atoms in total. The molecule has 3 heterocycles. The number of aryl methyl sites for hydroxylation is 2. The molecule has 0 saturated carbocycles. The Balaban J connectivity index is 1.63. The maximum absolute atomic E-state index is 13.6. The van der Waals surface area contributed by atoms with E-state index in [9.17, 15) is 18.0 Å². The average molecular weight is 610 g/mol. The van der Waals surface area contributed by atoms with E-state index in [-0.39, 0.29) is 22.1 Å². The van der Waals surface area contributed by atoms with Gasteiger partial charge in [0.1, 0.15) is 11.0 Å². The van der Waals surface area contributed by atoms with Crippen LogP contribution in [0.25, 0.3) is 33.3 Å². The number of sulfonamides is 1. The summed E-state index contributed by atoms with van der Waals surface area (Å²) >= 11 is 6.02. The number of anilines is 1. The molecule has 0 aliphatic carbocycles. The van der Waals surface area contributed by atoms with Crippen LogP contribution in [-0.4, -0.2) is 51.8 Å². The van der Waals surface area contributed by atoms with E-state index in [0.29, 0.717) is 39.4 Å². The van der Waals surface area contributed by atoms with Gasteiger partial charge in [-0.1, -0.05) is 17.7 Å². The fourth-order valence-electron chi connectivity index (χ4n) is 4.89. The maximum atomic E-state index is 13.6. The van der Waals surface area contributed by atoms with Gasteiger partial charge in [0, 0.05) is 25.2 Å². The molecule has 1 amide bonds. The molecule has 0 radical (unpaired) electrons. The molecule has 42 heavy (non-hydrogen) atoms. The van der Waals surface area contributed by atoms with Crippen molar-refractivity contribution in [2.45, 2.75) is 19.9 Å². The molecule has 0 bridgehead atoms. The number of carbonyl (C=O) groups excluding carboxylic acids is 1. The van der Waals surface area contributed by atoms with Crippen molar-refractivity contribution < 1.29 is 17.9 Å². The van der Waals surface area contributed by atoms with E-state index in [1.54, 1.807) is 20.2 Å². The Hall–Kier alpha value is -4.49. The molecule has 0 saturated heterocycles.